The summed E-state index contributed by atoms with van der Waals surface area (Å²) in [5.74, 6) is 0.620. The van der Waals surface area contributed by atoms with Gasteiger partial charge in [0, 0.05) is 11.6 Å². The fourth-order valence-corrected chi connectivity index (χ4v) is 2.41. The van der Waals surface area contributed by atoms with E-state index in [0.29, 0.717) is 5.82 Å². The van der Waals surface area contributed by atoms with Crippen LogP contribution >= 0.6 is 11.8 Å². The van der Waals surface area contributed by atoms with Gasteiger partial charge in [0.25, 0.3) is 5.56 Å². The molecule has 0 bridgehead atoms. The summed E-state index contributed by atoms with van der Waals surface area (Å²) in [6.45, 7) is 1.96. The first-order valence-electron chi connectivity index (χ1n) is 6.10. The molecular formula is C13H16Cl2N4O. The first-order valence-corrected chi connectivity index (χ1v) is 6.44. The van der Waals surface area contributed by atoms with Gasteiger partial charge in [-0.05, 0) is 19.8 Å². The topological polar surface area (TPSA) is 58.7 Å². The molecule has 1 aromatic rings. The summed E-state index contributed by atoms with van der Waals surface area (Å²) in [7, 11) is 3.66. The van der Waals surface area contributed by atoms with Crippen LogP contribution in [0.2, 0.25) is 0 Å². The molecular weight excluding hydrogens is 299 g/mol. The molecule has 1 aromatic heterocycles. The summed E-state index contributed by atoms with van der Waals surface area (Å²) in [5, 5.41) is 8.92. The second-order valence-corrected chi connectivity index (χ2v) is 6.10. The predicted molar refractivity (Wildman–Crippen MR) is 73.1 cm³/mol. The minimum Gasteiger partial charge on any atom is -1.00 e. The van der Waals surface area contributed by atoms with Crippen LogP contribution < -0.4 is 18.0 Å². The fourth-order valence-electron chi connectivity index (χ4n) is 2.29. The Kier molecular flexibility index (Phi) is 4.98. The number of halogens is 2. The molecule has 0 N–H and O–H groups in total. The van der Waals surface area contributed by atoms with Crippen molar-refractivity contribution in [3.8, 4) is 6.07 Å². The van der Waals surface area contributed by atoms with E-state index in [4.69, 9.17) is 17.0 Å². The molecule has 0 radical (unpaired) electrons. The lowest BCUT2D eigenvalue weighted by molar-refractivity contribution is -0.712. The molecule has 0 saturated carbocycles. The lowest BCUT2D eigenvalue weighted by Crippen LogP contribution is -3.00. The number of rotatable bonds is 1. The first kappa shape index (κ1) is 16.7. The molecule has 0 fully saturated rings. The van der Waals surface area contributed by atoms with Gasteiger partial charge >= 0.3 is 0 Å². The van der Waals surface area contributed by atoms with Gasteiger partial charge in [0.05, 0.1) is 20.3 Å². The number of quaternary nitrogens is 1. The summed E-state index contributed by atoms with van der Waals surface area (Å²) < 4.78 is 1.75. The maximum absolute atomic E-state index is 12.2. The van der Waals surface area contributed by atoms with E-state index in [1.165, 1.54) is 6.20 Å². The fraction of sp³-hybridized carbons (Fsp3) is 0.462. The molecule has 5 nitrogen and oxygen atoms in total. The van der Waals surface area contributed by atoms with Crippen LogP contribution in [0, 0.1) is 11.3 Å². The number of hydrogen-bond donors (Lipinski definition) is 0. The van der Waals surface area contributed by atoms with Crippen LogP contribution in [0.25, 0.3) is 5.57 Å². The molecule has 0 spiro atoms. The smallest absolute Gasteiger partial charge is 0.271 e. The van der Waals surface area contributed by atoms with E-state index in [0.717, 1.165) is 18.4 Å². The Morgan fingerprint density at radius 2 is 2.25 bits per heavy atom. The molecule has 20 heavy (non-hydrogen) atoms. The van der Waals surface area contributed by atoms with Crippen molar-refractivity contribution in [1.82, 2.24) is 9.55 Å². The van der Waals surface area contributed by atoms with Gasteiger partial charge < -0.3 is 12.4 Å². The third kappa shape index (κ3) is 3.21. The van der Waals surface area contributed by atoms with Crippen molar-refractivity contribution >= 4 is 17.3 Å². The van der Waals surface area contributed by atoms with Crippen molar-refractivity contribution in [2.24, 2.45) is 0 Å². The van der Waals surface area contributed by atoms with Crippen LogP contribution in [0.4, 0.5) is 0 Å². The number of hydrogen-bond acceptors (Lipinski definition) is 3. The zero-order valence-corrected chi connectivity index (χ0v) is 13.1. The van der Waals surface area contributed by atoms with Crippen molar-refractivity contribution in [2.45, 2.75) is 25.8 Å². The van der Waals surface area contributed by atoms with Crippen LogP contribution in [-0.4, -0.2) is 27.6 Å². The molecule has 0 aromatic carbocycles. The standard InChI is InChI=1S/C13H16ClN4O.ClH/c1-9-4-5-10(8-18(2,3)14)12-16-7-11(6-15)13(19)17(9)12;/h7-9H,4-5H2,1-3H3;1H/q+1;/p-1/b10-8+;. The van der Waals surface area contributed by atoms with Crippen LogP contribution in [0.5, 0.6) is 0 Å². The van der Waals surface area contributed by atoms with E-state index in [9.17, 15) is 4.79 Å². The number of aromatic nitrogens is 2. The van der Waals surface area contributed by atoms with E-state index in [1.807, 2.05) is 33.3 Å². The normalized spacial score (nSPS) is 19.9. The minimum absolute atomic E-state index is 0. The Morgan fingerprint density at radius 3 is 2.80 bits per heavy atom. The van der Waals surface area contributed by atoms with E-state index in [2.05, 4.69) is 4.98 Å². The highest BCUT2D eigenvalue weighted by atomic mass is 35.5. The molecule has 7 heteroatoms. The summed E-state index contributed by atoms with van der Waals surface area (Å²) in [4.78, 5) is 16.5. The number of nitriles is 1. The van der Waals surface area contributed by atoms with Gasteiger partial charge in [-0.15, -0.1) is 0 Å². The zero-order valence-electron chi connectivity index (χ0n) is 11.6. The molecule has 1 atom stereocenters. The highest BCUT2D eigenvalue weighted by Gasteiger charge is 2.26. The highest BCUT2D eigenvalue weighted by molar-refractivity contribution is 6.07. The molecule has 0 amide bonds. The third-order valence-electron chi connectivity index (χ3n) is 3.14. The van der Waals surface area contributed by atoms with Gasteiger partial charge in [-0.25, -0.2) is 8.99 Å². The largest absolute Gasteiger partial charge is 1.00 e. The molecule has 0 saturated heterocycles. The third-order valence-corrected chi connectivity index (χ3v) is 3.23. The summed E-state index contributed by atoms with van der Waals surface area (Å²) in [5.41, 5.74) is 0.752. The van der Waals surface area contributed by atoms with E-state index < -0.39 is 0 Å². The van der Waals surface area contributed by atoms with Crippen molar-refractivity contribution in [3.05, 3.63) is 34.1 Å². The second kappa shape index (κ2) is 5.96. The molecule has 0 aliphatic carbocycles. The Morgan fingerprint density at radius 1 is 1.60 bits per heavy atom. The molecule has 1 unspecified atom stereocenters. The van der Waals surface area contributed by atoms with Crippen molar-refractivity contribution < 1.29 is 16.4 Å². The summed E-state index contributed by atoms with van der Waals surface area (Å²) in [6.07, 6.45) is 4.88. The highest BCUT2D eigenvalue weighted by Crippen LogP contribution is 2.31. The van der Waals surface area contributed by atoms with Crippen molar-refractivity contribution in [1.29, 1.82) is 5.26 Å². The van der Waals surface area contributed by atoms with Gasteiger partial charge in [-0.1, -0.05) is 0 Å². The van der Waals surface area contributed by atoms with Gasteiger partial charge in [-0.3, -0.25) is 9.36 Å². The van der Waals surface area contributed by atoms with Crippen molar-refractivity contribution in [2.75, 3.05) is 14.1 Å². The maximum atomic E-state index is 12.2. The van der Waals surface area contributed by atoms with Crippen LogP contribution in [0.15, 0.2) is 17.2 Å². The quantitative estimate of drug-likeness (QED) is 0.628. The van der Waals surface area contributed by atoms with E-state index in [1.54, 1.807) is 4.57 Å². The predicted octanol–water partition coefficient (Wildman–Crippen LogP) is -0.955. The Balaban J connectivity index is 0.00000200. The van der Waals surface area contributed by atoms with Crippen molar-refractivity contribution in [3.63, 3.8) is 0 Å². The molecule has 108 valence electrons. The lowest BCUT2D eigenvalue weighted by atomic mass is 10.0. The molecule has 1 aliphatic rings. The summed E-state index contributed by atoms with van der Waals surface area (Å²) in [6, 6.07) is 1.93. The average molecular weight is 315 g/mol. The van der Waals surface area contributed by atoms with Crippen LogP contribution in [0.1, 0.15) is 37.2 Å². The molecule has 2 rings (SSSR count). The number of allylic oxidation sites excluding steroid dienone is 1. The van der Waals surface area contributed by atoms with Gasteiger partial charge in [0.2, 0.25) is 0 Å². The summed E-state index contributed by atoms with van der Waals surface area (Å²) >= 11 is 6.16. The Bertz CT molecular complexity index is 637. The number of nitrogens with zero attached hydrogens (tertiary/aromatic N) is 4. The SMILES string of the molecule is CC1CC/C(=C\[N+](C)(C)Cl)c2ncc(C#N)c(=O)n21.[Cl-]. The lowest BCUT2D eigenvalue weighted by Gasteiger charge is -2.26. The Hall–Kier alpha value is -1.35. The molecule has 2 heterocycles. The van der Waals surface area contributed by atoms with Crippen LogP contribution in [0.3, 0.4) is 0 Å². The average Bonchev–Trinajstić information content (AvgIpc) is 2.31. The zero-order chi connectivity index (χ0) is 14.2. The molecule has 1 aliphatic heterocycles. The second-order valence-electron chi connectivity index (χ2n) is 5.22. The monoisotopic (exact) mass is 314 g/mol. The Labute approximate surface area is 129 Å². The van der Waals surface area contributed by atoms with Crippen LogP contribution in [-0.2, 0) is 0 Å². The van der Waals surface area contributed by atoms with Gasteiger partial charge in [0.1, 0.15) is 23.7 Å². The minimum atomic E-state index is -0.273. The van der Waals surface area contributed by atoms with Gasteiger partial charge in [0.15, 0.2) is 11.8 Å². The maximum Gasteiger partial charge on any atom is 0.271 e. The van der Waals surface area contributed by atoms with E-state index in [-0.39, 0.29) is 33.6 Å². The van der Waals surface area contributed by atoms with Gasteiger partial charge in [-0.2, -0.15) is 5.26 Å². The van der Waals surface area contributed by atoms with E-state index >= 15 is 0 Å². The number of fused-ring (bicyclic) bond motifs is 1. The first-order chi connectivity index (χ1) is 8.83.